The van der Waals surface area contributed by atoms with Crippen LogP contribution in [0, 0.1) is 12.8 Å². The number of nitrogens with zero attached hydrogens (tertiary/aromatic N) is 2. The van der Waals surface area contributed by atoms with Crippen LogP contribution in [0.5, 0.6) is 0 Å². The Labute approximate surface area is 123 Å². The second kappa shape index (κ2) is 6.10. The van der Waals surface area contributed by atoms with Gasteiger partial charge in [-0.25, -0.2) is 4.68 Å². The van der Waals surface area contributed by atoms with Gasteiger partial charge in [0.25, 0.3) is 5.91 Å². The Kier molecular flexibility index (Phi) is 4.01. The largest absolute Gasteiger partial charge is 0.381 e. The van der Waals surface area contributed by atoms with E-state index in [1.165, 1.54) is 0 Å². The molecule has 1 aliphatic rings. The van der Waals surface area contributed by atoms with E-state index < -0.39 is 0 Å². The summed E-state index contributed by atoms with van der Waals surface area (Å²) < 4.78 is 7.09. The first-order chi connectivity index (χ1) is 10.2. The summed E-state index contributed by atoms with van der Waals surface area (Å²) in [6.07, 6.45) is 1.01. The zero-order chi connectivity index (χ0) is 14.7. The van der Waals surface area contributed by atoms with Crippen LogP contribution in [0.1, 0.15) is 22.6 Å². The minimum atomic E-state index is -0.125. The lowest BCUT2D eigenvalue weighted by atomic mass is 10.1. The highest BCUT2D eigenvalue weighted by Gasteiger charge is 2.18. The third-order valence-electron chi connectivity index (χ3n) is 3.70. The first-order valence-electron chi connectivity index (χ1n) is 7.22. The van der Waals surface area contributed by atoms with Crippen molar-refractivity contribution in [3.8, 4) is 5.69 Å². The number of benzene rings is 1. The lowest BCUT2D eigenvalue weighted by Gasteiger charge is -2.08. The van der Waals surface area contributed by atoms with Gasteiger partial charge in [-0.1, -0.05) is 18.2 Å². The molecule has 21 heavy (non-hydrogen) atoms. The molecule has 0 bridgehead atoms. The highest BCUT2D eigenvalue weighted by Crippen LogP contribution is 2.13. The van der Waals surface area contributed by atoms with E-state index in [9.17, 15) is 4.79 Å². The van der Waals surface area contributed by atoms with Gasteiger partial charge in [0.05, 0.1) is 12.3 Å². The van der Waals surface area contributed by atoms with Crippen LogP contribution in [-0.2, 0) is 4.74 Å². The van der Waals surface area contributed by atoms with Gasteiger partial charge in [-0.3, -0.25) is 4.79 Å². The maximum Gasteiger partial charge on any atom is 0.271 e. The molecule has 5 nitrogen and oxygen atoms in total. The molecule has 0 saturated carbocycles. The van der Waals surface area contributed by atoms with Crippen LogP contribution < -0.4 is 5.32 Å². The number of amides is 1. The van der Waals surface area contributed by atoms with Gasteiger partial charge in [-0.05, 0) is 31.5 Å². The van der Waals surface area contributed by atoms with Crippen LogP contribution >= 0.6 is 0 Å². The zero-order valence-corrected chi connectivity index (χ0v) is 12.1. The van der Waals surface area contributed by atoms with Gasteiger partial charge < -0.3 is 10.1 Å². The zero-order valence-electron chi connectivity index (χ0n) is 12.1. The standard InChI is InChI=1S/C16H19N3O2/c1-12-9-15(16(20)17-10-13-7-8-21-11-13)18-19(12)14-5-3-2-4-6-14/h2-6,9,13H,7-8,10-11H2,1H3,(H,17,20). The molecule has 1 saturated heterocycles. The minimum absolute atomic E-state index is 0.125. The summed E-state index contributed by atoms with van der Waals surface area (Å²) in [5.41, 5.74) is 2.35. The third-order valence-corrected chi connectivity index (χ3v) is 3.70. The molecule has 3 rings (SSSR count). The molecule has 5 heteroatoms. The number of carbonyl (C=O) groups excluding carboxylic acids is 1. The van der Waals surface area contributed by atoms with Crippen molar-refractivity contribution in [2.75, 3.05) is 19.8 Å². The Morgan fingerprint density at radius 1 is 1.43 bits per heavy atom. The average molecular weight is 285 g/mol. The van der Waals surface area contributed by atoms with Crippen molar-refractivity contribution in [2.45, 2.75) is 13.3 Å². The highest BCUT2D eigenvalue weighted by molar-refractivity contribution is 5.92. The van der Waals surface area contributed by atoms with Crippen molar-refractivity contribution >= 4 is 5.91 Å². The molecule has 2 heterocycles. The van der Waals surface area contributed by atoms with E-state index in [2.05, 4.69) is 10.4 Å². The van der Waals surface area contributed by atoms with Crippen molar-refractivity contribution in [2.24, 2.45) is 5.92 Å². The van der Waals surface area contributed by atoms with Crippen LogP contribution in [-0.4, -0.2) is 35.4 Å². The van der Waals surface area contributed by atoms with Crippen LogP contribution in [0.4, 0.5) is 0 Å². The highest BCUT2D eigenvalue weighted by atomic mass is 16.5. The summed E-state index contributed by atoms with van der Waals surface area (Å²) in [5, 5.41) is 7.34. The fourth-order valence-electron chi connectivity index (χ4n) is 2.49. The summed E-state index contributed by atoms with van der Waals surface area (Å²) >= 11 is 0. The van der Waals surface area contributed by atoms with Crippen molar-refractivity contribution in [1.29, 1.82) is 0 Å². The summed E-state index contributed by atoms with van der Waals surface area (Å²) in [4.78, 5) is 12.2. The molecule has 1 unspecified atom stereocenters. The Bertz CT molecular complexity index is 616. The Balaban J connectivity index is 1.69. The lowest BCUT2D eigenvalue weighted by Crippen LogP contribution is -2.29. The maximum absolute atomic E-state index is 12.2. The Hall–Kier alpha value is -2.14. The molecule has 2 aromatic rings. The van der Waals surface area contributed by atoms with E-state index in [1.54, 1.807) is 4.68 Å². The number of ether oxygens (including phenoxy) is 1. The molecule has 1 aliphatic heterocycles. The van der Waals surface area contributed by atoms with Crippen LogP contribution in [0.15, 0.2) is 36.4 Å². The van der Waals surface area contributed by atoms with E-state index in [0.29, 0.717) is 18.2 Å². The van der Waals surface area contributed by atoms with Crippen LogP contribution in [0.25, 0.3) is 5.69 Å². The predicted octanol–water partition coefficient (Wildman–Crippen LogP) is 1.95. The number of carbonyl (C=O) groups is 1. The molecule has 0 radical (unpaired) electrons. The lowest BCUT2D eigenvalue weighted by molar-refractivity contribution is 0.0939. The third kappa shape index (κ3) is 3.13. The molecule has 1 N–H and O–H groups in total. The van der Waals surface area contributed by atoms with Gasteiger partial charge in [0.1, 0.15) is 0 Å². The molecular formula is C16H19N3O2. The average Bonchev–Trinajstić information content (AvgIpc) is 3.15. The summed E-state index contributed by atoms with van der Waals surface area (Å²) in [7, 11) is 0. The monoisotopic (exact) mass is 285 g/mol. The number of aryl methyl sites for hydroxylation is 1. The van der Waals surface area contributed by atoms with Gasteiger partial charge in [-0.2, -0.15) is 5.10 Å². The molecule has 110 valence electrons. The normalized spacial score (nSPS) is 17.9. The summed E-state index contributed by atoms with van der Waals surface area (Å²) in [6, 6.07) is 11.6. The van der Waals surface area contributed by atoms with Gasteiger partial charge >= 0.3 is 0 Å². The predicted molar refractivity (Wildman–Crippen MR) is 79.6 cm³/mol. The Morgan fingerprint density at radius 3 is 2.95 bits per heavy atom. The smallest absolute Gasteiger partial charge is 0.271 e. The number of hydrogen-bond acceptors (Lipinski definition) is 3. The van der Waals surface area contributed by atoms with Crippen molar-refractivity contribution in [3.05, 3.63) is 47.8 Å². The molecule has 1 aromatic carbocycles. The molecule has 1 atom stereocenters. The number of para-hydroxylation sites is 1. The fraction of sp³-hybridized carbons (Fsp3) is 0.375. The van der Waals surface area contributed by atoms with Crippen LogP contribution in [0.2, 0.25) is 0 Å². The summed E-state index contributed by atoms with van der Waals surface area (Å²) in [5.74, 6) is 0.297. The molecule has 0 aliphatic carbocycles. The number of nitrogens with one attached hydrogen (secondary N) is 1. The topological polar surface area (TPSA) is 56.1 Å². The van der Waals surface area contributed by atoms with Gasteiger partial charge in [-0.15, -0.1) is 0 Å². The second-order valence-corrected chi connectivity index (χ2v) is 5.36. The molecule has 1 amide bonds. The SMILES string of the molecule is Cc1cc(C(=O)NCC2CCOC2)nn1-c1ccccc1. The summed E-state index contributed by atoms with van der Waals surface area (Å²) in [6.45, 7) is 4.12. The van der Waals surface area contributed by atoms with Gasteiger partial charge in [0.2, 0.25) is 0 Å². The van der Waals surface area contributed by atoms with E-state index in [1.807, 2.05) is 43.3 Å². The van der Waals surface area contributed by atoms with E-state index in [-0.39, 0.29) is 5.91 Å². The van der Waals surface area contributed by atoms with E-state index in [0.717, 1.165) is 31.0 Å². The number of aromatic nitrogens is 2. The first-order valence-corrected chi connectivity index (χ1v) is 7.22. The van der Waals surface area contributed by atoms with E-state index >= 15 is 0 Å². The van der Waals surface area contributed by atoms with Gasteiger partial charge in [0, 0.05) is 24.8 Å². The fourth-order valence-corrected chi connectivity index (χ4v) is 2.49. The van der Waals surface area contributed by atoms with Crippen molar-refractivity contribution in [1.82, 2.24) is 15.1 Å². The Morgan fingerprint density at radius 2 is 2.24 bits per heavy atom. The molecular weight excluding hydrogens is 266 g/mol. The number of rotatable bonds is 4. The molecule has 1 fully saturated rings. The molecule has 1 aromatic heterocycles. The number of hydrogen-bond donors (Lipinski definition) is 1. The second-order valence-electron chi connectivity index (χ2n) is 5.36. The van der Waals surface area contributed by atoms with Crippen LogP contribution in [0.3, 0.4) is 0 Å². The minimum Gasteiger partial charge on any atom is -0.381 e. The first kappa shape index (κ1) is 13.8. The quantitative estimate of drug-likeness (QED) is 0.934. The van der Waals surface area contributed by atoms with Crippen molar-refractivity contribution in [3.63, 3.8) is 0 Å². The molecule has 0 spiro atoms. The van der Waals surface area contributed by atoms with E-state index in [4.69, 9.17) is 4.74 Å². The van der Waals surface area contributed by atoms with Crippen molar-refractivity contribution < 1.29 is 9.53 Å². The maximum atomic E-state index is 12.2. The van der Waals surface area contributed by atoms with Gasteiger partial charge in [0.15, 0.2) is 5.69 Å².